The summed E-state index contributed by atoms with van der Waals surface area (Å²) >= 11 is 0. The van der Waals surface area contributed by atoms with Gasteiger partial charge in [0.05, 0.1) is 12.1 Å². The minimum Gasteiger partial charge on any atom is -0.276 e. The maximum Gasteiger partial charge on any atom is 0.230 e. The SMILES string of the molecule is [C-]#[N+]c1cncc2cccnc12. The van der Waals surface area contributed by atoms with Crippen molar-refractivity contribution in [3.8, 4) is 0 Å². The van der Waals surface area contributed by atoms with Crippen LogP contribution in [0.5, 0.6) is 0 Å². The fourth-order valence-electron chi connectivity index (χ4n) is 1.07. The van der Waals surface area contributed by atoms with E-state index in [0.29, 0.717) is 5.69 Å². The molecule has 2 aromatic heterocycles. The number of hydrogen-bond donors (Lipinski definition) is 0. The van der Waals surface area contributed by atoms with Crippen molar-refractivity contribution >= 4 is 16.6 Å². The lowest BCUT2D eigenvalue weighted by Gasteiger charge is -1.95. The topological polar surface area (TPSA) is 30.1 Å². The molecule has 0 atom stereocenters. The number of nitrogens with zero attached hydrogens (tertiary/aromatic N) is 3. The van der Waals surface area contributed by atoms with Crippen molar-refractivity contribution in [1.29, 1.82) is 0 Å². The molecule has 0 aliphatic rings. The number of pyridine rings is 2. The van der Waals surface area contributed by atoms with Crippen molar-refractivity contribution < 1.29 is 0 Å². The molecule has 0 saturated carbocycles. The minimum absolute atomic E-state index is 0.508. The van der Waals surface area contributed by atoms with Gasteiger partial charge in [0.25, 0.3) is 0 Å². The highest BCUT2D eigenvalue weighted by Gasteiger charge is 1.99. The third-order valence-electron chi connectivity index (χ3n) is 1.61. The van der Waals surface area contributed by atoms with Crippen LogP contribution in [0.2, 0.25) is 0 Å². The Labute approximate surface area is 69.5 Å². The van der Waals surface area contributed by atoms with Gasteiger partial charge >= 0.3 is 0 Å². The second-order valence-electron chi connectivity index (χ2n) is 2.35. The third-order valence-corrected chi connectivity index (χ3v) is 1.61. The van der Waals surface area contributed by atoms with Crippen LogP contribution in [0.25, 0.3) is 15.7 Å². The van der Waals surface area contributed by atoms with Gasteiger partial charge in [0, 0.05) is 24.0 Å². The van der Waals surface area contributed by atoms with Crippen LogP contribution in [0, 0.1) is 6.57 Å². The summed E-state index contributed by atoms with van der Waals surface area (Å²) in [6.07, 6.45) is 4.91. The van der Waals surface area contributed by atoms with E-state index in [1.165, 1.54) is 6.20 Å². The van der Waals surface area contributed by atoms with E-state index in [1.54, 1.807) is 12.4 Å². The van der Waals surface area contributed by atoms with Gasteiger partial charge in [0.1, 0.15) is 0 Å². The average molecular weight is 155 g/mol. The smallest absolute Gasteiger partial charge is 0.230 e. The molecular formula is C9H5N3. The number of rotatable bonds is 0. The van der Waals surface area contributed by atoms with Crippen LogP contribution in [0.3, 0.4) is 0 Å². The molecule has 0 aliphatic heterocycles. The van der Waals surface area contributed by atoms with Crippen LogP contribution in [-0.4, -0.2) is 9.97 Å². The first-order chi connectivity index (χ1) is 5.92. The number of fused-ring (bicyclic) bond motifs is 1. The Bertz CT molecular complexity index is 451. The lowest BCUT2D eigenvalue weighted by atomic mass is 10.2. The molecule has 0 unspecified atom stereocenters. The quantitative estimate of drug-likeness (QED) is 0.546. The second kappa shape index (κ2) is 2.59. The van der Waals surface area contributed by atoms with Crippen molar-refractivity contribution in [1.82, 2.24) is 9.97 Å². The molecule has 0 aromatic carbocycles. The van der Waals surface area contributed by atoms with Gasteiger partial charge in [-0.1, -0.05) is 6.07 Å². The highest BCUT2D eigenvalue weighted by atomic mass is 14.8. The molecule has 56 valence electrons. The van der Waals surface area contributed by atoms with E-state index in [9.17, 15) is 0 Å². The molecule has 2 aromatic rings. The van der Waals surface area contributed by atoms with E-state index in [2.05, 4.69) is 14.8 Å². The molecule has 0 spiro atoms. The van der Waals surface area contributed by atoms with E-state index in [-0.39, 0.29) is 0 Å². The number of hydrogen-bond acceptors (Lipinski definition) is 2. The normalized spacial score (nSPS) is 9.58. The highest BCUT2D eigenvalue weighted by Crippen LogP contribution is 2.21. The molecule has 3 heteroatoms. The summed E-state index contributed by atoms with van der Waals surface area (Å²) in [5, 5.41) is 0.908. The fourth-order valence-corrected chi connectivity index (χ4v) is 1.07. The van der Waals surface area contributed by atoms with Gasteiger partial charge in [-0.05, 0) is 6.07 Å². The van der Waals surface area contributed by atoms with Gasteiger partial charge in [-0.3, -0.25) is 9.97 Å². The minimum atomic E-state index is 0.508. The lowest BCUT2D eigenvalue weighted by Crippen LogP contribution is -1.78. The van der Waals surface area contributed by atoms with Crippen molar-refractivity contribution in [2.45, 2.75) is 0 Å². The highest BCUT2D eigenvalue weighted by molar-refractivity contribution is 5.89. The summed E-state index contributed by atoms with van der Waals surface area (Å²) in [6.45, 7) is 6.87. The molecule has 0 aliphatic carbocycles. The molecule has 3 nitrogen and oxygen atoms in total. The first-order valence-electron chi connectivity index (χ1n) is 3.48. The Morgan fingerprint density at radius 1 is 1.33 bits per heavy atom. The predicted molar refractivity (Wildman–Crippen MR) is 45.8 cm³/mol. The van der Waals surface area contributed by atoms with Crippen LogP contribution in [0.4, 0.5) is 5.69 Å². The molecule has 0 N–H and O–H groups in total. The zero-order chi connectivity index (χ0) is 8.39. The van der Waals surface area contributed by atoms with Crippen molar-refractivity contribution in [2.24, 2.45) is 0 Å². The van der Waals surface area contributed by atoms with Gasteiger partial charge in [-0.2, -0.15) is 0 Å². The Kier molecular flexibility index (Phi) is 1.45. The Morgan fingerprint density at radius 3 is 3.08 bits per heavy atom. The monoisotopic (exact) mass is 155 g/mol. The van der Waals surface area contributed by atoms with E-state index >= 15 is 0 Å². The second-order valence-corrected chi connectivity index (χ2v) is 2.35. The van der Waals surface area contributed by atoms with Crippen molar-refractivity contribution in [2.75, 3.05) is 0 Å². The van der Waals surface area contributed by atoms with E-state index in [4.69, 9.17) is 6.57 Å². The summed E-state index contributed by atoms with van der Waals surface area (Å²) in [5.74, 6) is 0. The van der Waals surface area contributed by atoms with Gasteiger partial charge in [0.2, 0.25) is 5.69 Å². The average Bonchev–Trinajstić information content (AvgIpc) is 2.17. The molecular weight excluding hydrogens is 150 g/mol. The summed E-state index contributed by atoms with van der Waals surface area (Å²) in [5.41, 5.74) is 1.23. The number of aromatic nitrogens is 2. The Balaban J connectivity index is 2.91. The summed E-state index contributed by atoms with van der Waals surface area (Å²) < 4.78 is 0. The molecule has 2 rings (SSSR count). The van der Waals surface area contributed by atoms with Crippen LogP contribution >= 0.6 is 0 Å². The molecule has 0 saturated heterocycles. The fraction of sp³-hybridized carbons (Fsp3) is 0. The standard InChI is InChI=1S/C9H5N3/c1-10-8-6-11-5-7-3-2-4-12-9(7)8/h2-6H. The van der Waals surface area contributed by atoms with Gasteiger partial charge in [-0.25, -0.2) is 4.85 Å². The largest absolute Gasteiger partial charge is 0.276 e. The van der Waals surface area contributed by atoms with Gasteiger partial charge in [-0.15, -0.1) is 0 Å². The lowest BCUT2D eigenvalue weighted by molar-refractivity contribution is 1.33. The molecule has 12 heavy (non-hydrogen) atoms. The molecule has 0 radical (unpaired) electrons. The summed E-state index contributed by atoms with van der Waals surface area (Å²) in [4.78, 5) is 11.4. The zero-order valence-electron chi connectivity index (χ0n) is 6.23. The van der Waals surface area contributed by atoms with E-state index in [0.717, 1.165) is 10.9 Å². The van der Waals surface area contributed by atoms with Gasteiger partial charge in [0.15, 0.2) is 0 Å². The van der Waals surface area contributed by atoms with Crippen LogP contribution in [0.1, 0.15) is 0 Å². The van der Waals surface area contributed by atoms with Crippen molar-refractivity contribution in [3.05, 3.63) is 42.1 Å². The van der Waals surface area contributed by atoms with Crippen LogP contribution in [0.15, 0.2) is 30.7 Å². The van der Waals surface area contributed by atoms with Crippen LogP contribution in [-0.2, 0) is 0 Å². The maximum atomic E-state index is 6.87. The maximum absolute atomic E-state index is 6.87. The summed E-state index contributed by atoms with van der Waals surface area (Å²) in [7, 11) is 0. The first kappa shape index (κ1) is 6.74. The van der Waals surface area contributed by atoms with E-state index in [1.807, 2.05) is 12.1 Å². The van der Waals surface area contributed by atoms with Crippen LogP contribution < -0.4 is 0 Å². The van der Waals surface area contributed by atoms with E-state index < -0.39 is 0 Å². The third kappa shape index (κ3) is 0.903. The molecule has 0 bridgehead atoms. The summed E-state index contributed by atoms with van der Waals surface area (Å²) in [6, 6.07) is 3.72. The Hall–Kier alpha value is -1.95. The van der Waals surface area contributed by atoms with Crippen molar-refractivity contribution in [3.63, 3.8) is 0 Å². The van der Waals surface area contributed by atoms with Gasteiger partial charge < -0.3 is 0 Å². The predicted octanol–water partition coefficient (Wildman–Crippen LogP) is 2.18. The molecule has 2 heterocycles. The Morgan fingerprint density at radius 2 is 2.25 bits per heavy atom. The molecule has 0 fully saturated rings. The zero-order valence-corrected chi connectivity index (χ0v) is 6.23. The first-order valence-corrected chi connectivity index (χ1v) is 3.48. The molecule has 0 amide bonds.